The van der Waals surface area contributed by atoms with E-state index < -0.39 is 0 Å². The maximum atomic E-state index is 10.8. The molecule has 0 bridgehead atoms. The zero-order chi connectivity index (χ0) is 11.4. The molecule has 1 aromatic rings. The van der Waals surface area contributed by atoms with Gasteiger partial charge in [0.2, 0.25) is 5.91 Å². The number of primary amides is 1. The summed E-state index contributed by atoms with van der Waals surface area (Å²) in [6.45, 7) is 2.18. The van der Waals surface area contributed by atoms with Gasteiger partial charge in [-0.05, 0) is 18.2 Å². The molecule has 3 nitrogen and oxygen atoms in total. The number of nitrogens with two attached hydrogens (primary N) is 1. The molecule has 15 heavy (non-hydrogen) atoms. The first kappa shape index (κ1) is 12.1. The molecule has 1 atom stereocenters. The van der Waals surface area contributed by atoms with Crippen molar-refractivity contribution in [2.75, 3.05) is 11.9 Å². The summed E-state index contributed by atoms with van der Waals surface area (Å²) in [6, 6.07) is 5.10. The van der Waals surface area contributed by atoms with Crippen LogP contribution in [0.4, 0.5) is 5.69 Å². The van der Waals surface area contributed by atoms with Crippen LogP contribution >= 0.6 is 23.2 Å². The van der Waals surface area contributed by atoms with Gasteiger partial charge in [0.05, 0.1) is 16.6 Å². The quantitative estimate of drug-likeness (QED) is 0.858. The number of carbonyl (C=O) groups excluding carboxylic acids is 1. The SMILES string of the molecule is CC(CNc1cc(Cl)ccc1Cl)C(N)=O. The number of benzene rings is 1. The Balaban J connectivity index is 2.65. The number of rotatable bonds is 4. The second-order valence-electron chi connectivity index (χ2n) is 3.31. The fraction of sp³-hybridized carbons (Fsp3) is 0.300. The Morgan fingerprint density at radius 2 is 2.20 bits per heavy atom. The Kier molecular flexibility index (Phi) is 4.24. The second kappa shape index (κ2) is 5.24. The van der Waals surface area contributed by atoms with Gasteiger partial charge in [-0.15, -0.1) is 0 Å². The average Bonchev–Trinajstić information content (AvgIpc) is 2.18. The molecule has 0 fully saturated rings. The third kappa shape index (κ3) is 3.61. The van der Waals surface area contributed by atoms with Gasteiger partial charge < -0.3 is 11.1 Å². The summed E-state index contributed by atoms with van der Waals surface area (Å²) < 4.78 is 0. The molecule has 3 N–H and O–H groups in total. The molecule has 0 aliphatic carbocycles. The lowest BCUT2D eigenvalue weighted by molar-refractivity contribution is -0.120. The largest absolute Gasteiger partial charge is 0.383 e. The van der Waals surface area contributed by atoms with E-state index in [1.807, 2.05) is 0 Å². The molecule has 0 aromatic heterocycles. The van der Waals surface area contributed by atoms with Crippen LogP contribution in [0.5, 0.6) is 0 Å². The molecule has 0 aliphatic rings. The van der Waals surface area contributed by atoms with Crippen LogP contribution in [0.1, 0.15) is 6.92 Å². The predicted octanol–water partition coefficient (Wildman–Crippen LogP) is 2.53. The van der Waals surface area contributed by atoms with Gasteiger partial charge in [0.25, 0.3) is 0 Å². The van der Waals surface area contributed by atoms with Crippen LogP contribution in [0, 0.1) is 5.92 Å². The number of hydrogen-bond acceptors (Lipinski definition) is 2. The highest BCUT2D eigenvalue weighted by atomic mass is 35.5. The highest BCUT2D eigenvalue weighted by Gasteiger charge is 2.09. The molecule has 0 spiro atoms. The van der Waals surface area contributed by atoms with Crippen LogP contribution in [-0.2, 0) is 4.79 Å². The lowest BCUT2D eigenvalue weighted by Gasteiger charge is -2.11. The smallest absolute Gasteiger partial charge is 0.222 e. The first-order valence-corrected chi connectivity index (χ1v) is 5.24. The molecule has 82 valence electrons. The van der Waals surface area contributed by atoms with Gasteiger partial charge in [-0.3, -0.25) is 4.79 Å². The van der Waals surface area contributed by atoms with Crippen LogP contribution in [-0.4, -0.2) is 12.5 Å². The molecule has 0 aliphatic heterocycles. The highest BCUT2D eigenvalue weighted by Crippen LogP contribution is 2.25. The molecule has 0 radical (unpaired) electrons. The normalized spacial score (nSPS) is 12.2. The number of amides is 1. The lowest BCUT2D eigenvalue weighted by atomic mass is 10.1. The lowest BCUT2D eigenvalue weighted by Crippen LogP contribution is -2.26. The van der Waals surface area contributed by atoms with E-state index in [4.69, 9.17) is 28.9 Å². The van der Waals surface area contributed by atoms with Gasteiger partial charge in [-0.1, -0.05) is 30.1 Å². The Bertz CT molecular complexity index is 368. The molecule has 5 heteroatoms. The maximum Gasteiger partial charge on any atom is 0.222 e. The standard InChI is InChI=1S/C10H12Cl2N2O/c1-6(10(13)15)5-14-9-4-7(11)2-3-8(9)12/h2-4,6,14H,5H2,1H3,(H2,13,15). The topological polar surface area (TPSA) is 55.1 Å². The van der Waals surface area contributed by atoms with Crippen molar-refractivity contribution in [2.24, 2.45) is 11.7 Å². The van der Waals surface area contributed by atoms with Crippen molar-refractivity contribution in [1.29, 1.82) is 0 Å². The zero-order valence-electron chi connectivity index (χ0n) is 8.26. The van der Waals surface area contributed by atoms with Crippen molar-refractivity contribution < 1.29 is 4.79 Å². The van der Waals surface area contributed by atoms with E-state index in [9.17, 15) is 4.79 Å². The van der Waals surface area contributed by atoms with Gasteiger partial charge >= 0.3 is 0 Å². The molecule has 1 aromatic carbocycles. The molecule has 0 saturated carbocycles. The minimum absolute atomic E-state index is 0.250. The van der Waals surface area contributed by atoms with Crippen molar-refractivity contribution in [1.82, 2.24) is 0 Å². The third-order valence-corrected chi connectivity index (χ3v) is 2.58. The molecule has 1 unspecified atom stereocenters. The number of hydrogen-bond donors (Lipinski definition) is 2. The first-order chi connectivity index (χ1) is 7.00. The summed E-state index contributed by atoms with van der Waals surface area (Å²) in [7, 11) is 0. The van der Waals surface area contributed by atoms with Gasteiger partial charge in [0.15, 0.2) is 0 Å². The second-order valence-corrected chi connectivity index (χ2v) is 4.15. The predicted molar refractivity (Wildman–Crippen MR) is 63.3 cm³/mol. The Hall–Kier alpha value is -0.930. The molecular weight excluding hydrogens is 235 g/mol. The van der Waals surface area contributed by atoms with Crippen molar-refractivity contribution in [3.63, 3.8) is 0 Å². The minimum Gasteiger partial charge on any atom is -0.383 e. The van der Waals surface area contributed by atoms with Gasteiger partial charge in [0, 0.05) is 11.6 Å². The van der Waals surface area contributed by atoms with Crippen LogP contribution in [0.25, 0.3) is 0 Å². The van der Waals surface area contributed by atoms with E-state index in [1.54, 1.807) is 25.1 Å². The summed E-state index contributed by atoms with van der Waals surface area (Å²) in [5.74, 6) is -0.597. The fourth-order valence-electron chi connectivity index (χ4n) is 0.997. The molecule has 1 amide bonds. The summed E-state index contributed by atoms with van der Waals surface area (Å²) in [5, 5.41) is 4.17. The summed E-state index contributed by atoms with van der Waals surface area (Å²) in [4.78, 5) is 10.8. The monoisotopic (exact) mass is 246 g/mol. The molecular formula is C10H12Cl2N2O. The number of anilines is 1. The van der Waals surface area contributed by atoms with E-state index >= 15 is 0 Å². The maximum absolute atomic E-state index is 10.8. The average molecular weight is 247 g/mol. The molecule has 1 rings (SSSR count). The van der Waals surface area contributed by atoms with Crippen LogP contribution < -0.4 is 11.1 Å². The van der Waals surface area contributed by atoms with E-state index in [-0.39, 0.29) is 11.8 Å². The number of nitrogens with one attached hydrogen (secondary N) is 1. The summed E-state index contributed by atoms with van der Waals surface area (Å²) in [6.07, 6.45) is 0. The van der Waals surface area contributed by atoms with Crippen molar-refractivity contribution >= 4 is 34.8 Å². The van der Waals surface area contributed by atoms with Crippen LogP contribution in [0.15, 0.2) is 18.2 Å². The van der Waals surface area contributed by atoms with E-state index in [2.05, 4.69) is 5.32 Å². The van der Waals surface area contributed by atoms with Gasteiger partial charge in [0.1, 0.15) is 0 Å². The Morgan fingerprint density at radius 1 is 1.53 bits per heavy atom. The van der Waals surface area contributed by atoms with E-state index in [1.165, 1.54) is 0 Å². The summed E-state index contributed by atoms with van der Waals surface area (Å²) in [5.41, 5.74) is 5.84. The van der Waals surface area contributed by atoms with Gasteiger partial charge in [-0.2, -0.15) is 0 Å². The van der Waals surface area contributed by atoms with Gasteiger partial charge in [-0.25, -0.2) is 0 Å². The first-order valence-electron chi connectivity index (χ1n) is 4.49. The number of halogens is 2. The van der Waals surface area contributed by atoms with Crippen molar-refractivity contribution in [2.45, 2.75) is 6.92 Å². The Labute approximate surface area is 98.5 Å². The fourth-order valence-corrected chi connectivity index (χ4v) is 1.35. The van der Waals surface area contributed by atoms with Crippen molar-refractivity contribution in [3.05, 3.63) is 28.2 Å². The van der Waals surface area contributed by atoms with E-state index in [0.29, 0.717) is 22.3 Å². The summed E-state index contributed by atoms with van der Waals surface area (Å²) >= 11 is 11.7. The highest BCUT2D eigenvalue weighted by molar-refractivity contribution is 6.35. The minimum atomic E-state index is -0.347. The zero-order valence-corrected chi connectivity index (χ0v) is 9.77. The van der Waals surface area contributed by atoms with Crippen molar-refractivity contribution in [3.8, 4) is 0 Å². The van der Waals surface area contributed by atoms with Crippen LogP contribution in [0.2, 0.25) is 10.0 Å². The van der Waals surface area contributed by atoms with Crippen LogP contribution in [0.3, 0.4) is 0 Å². The van der Waals surface area contributed by atoms with E-state index in [0.717, 1.165) is 0 Å². The number of carbonyl (C=O) groups is 1. The Morgan fingerprint density at radius 3 is 2.80 bits per heavy atom. The third-order valence-electron chi connectivity index (χ3n) is 2.01. The molecule has 0 heterocycles. The molecule has 0 saturated heterocycles.